The molecule has 0 radical (unpaired) electrons. The lowest BCUT2D eigenvalue weighted by molar-refractivity contribution is 0.0954. The first-order valence-corrected chi connectivity index (χ1v) is 8.35. The molecule has 0 bridgehead atoms. The molecule has 0 atom stereocenters. The van der Waals surface area contributed by atoms with Gasteiger partial charge in [0.2, 0.25) is 0 Å². The molecule has 0 unspecified atom stereocenters. The van der Waals surface area contributed by atoms with Crippen LogP contribution in [0, 0.1) is 0 Å². The van der Waals surface area contributed by atoms with Gasteiger partial charge >= 0.3 is 0 Å². The number of carbonyl (C=O) groups excluding carboxylic acids is 1. The monoisotopic (exact) mass is 343 g/mol. The number of hydrogen-bond donors (Lipinski definition) is 1. The molecular weight excluding hydrogens is 326 g/mol. The summed E-state index contributed by atoms with van der Waals surface area (Å²) in [5.41, 5.74) is 3.10. The van der Waals surface area contributed by atoms with E-state index in [2.05, 4.69) is 20.3 Å². The molecule has 1 aromatic carbocycles. The van der Waals surface area contributed by atoms with Gasteiger partial charge in [-0.1, -0.05) is 18.2 Å². The van der Waals surface area contributed by atoms with Gasteiger partial charge in [-0.15, -0.1) is 0 Å². The minimum absolute atomic E-state index is 0.112. The van der Waals surface area contributed by atoms with E-state index in [0.717, 1.165) is 22.2 Å². The molecule has 6 heteroatoms. The van der Waals surface area contributed by atoms with Crippen LogP contribution in [0.15, 0.2) is 73.6 Å². The third-order valence-corrected chi connectivity index (χ3v) is 4.15. The fourth-order valence-electron chi connectivity index (χ4n) is 2.85. The molecule has 4 rings (SSSR count). The Balaban J connectivity index is 1.65. The predicted molar refractivity (Wildman–Crippen MR) is 99.5 cm³/mol. The van der Waals surface area contributed by atoms with E-state index in [0.29, 0.717) is 18.7 Å². The molecule has 26 heavy (non-hydrogen) atoms. The summed E-state index contributed by atoms with van der Waals surface area (Å²) in [5, 5.41) is 3.82. The van der Waals surface area contributed by atoms with Crippen LogP contribution in [0.5, 0.6) is 0 Å². The number of imidazole rings is 1. The highest BCUT2D eigenvalue weighted by Gasteiger charge is 2.13. The van der Waals surface area contributed by atoms with Crippen molar-refractivity contribution in [2.75, 3.05) is 6.54 Å². The topological polar surface area (TPSA) is 72.7 Å². The van der Waals surface area contributed by atoms with Crippen LogP contribution in [0.25, 0.3) is 22.2 Å². The van der Waals surface area contributed by atoms with Crippen LogP contribution < -0.4 is 5.32 Å². The normalized spacial score (nSPS) is 10.8. The summed E-state index contributed by atoms with van der Waals surface area (Å²) in [5.74, 6) is -0.112. The number of nitrogens with zero attached hydrogens (tertiary/aromatic N) is 4. The highest BCUT2D eigenvalue weighted by atomic mass is 16.1. The highest BCUT2D eigenvalue weighted by Crippen LogP contribution is 2.24. The van der Waals surface area contributed by atoms with Crippen LogP contribution in [-0.4, -0.2) is 32.0 Å². The number of carbonyl (C=O) groups is 1. The molecular formula is C20H17N5O. The van der Waals surface area contributed by atoms with E-state index in [1.165, 1.54) is 0 Å². The van der Waals surface area contributed by atoms with Crippen LogP contribution in [0.4, 0.5) is 0 Å². The Kier molecular flexibility index (Phi) is 4.38. The van der Waals surface area contributed by atoms with Gasteiger partial charge in [0, 0.05) is 48.8 Å². The maximum absolute atomic E-state index is 12.8. The molecule has 1 amide bonds. The van der Waals surface area contributed by atoms with Crippen LogP contribution in [0.1, 0.15) is 10.4 Å². The summed E-state index contributed by atoms with van der Waals surface area (Å²) in [4.78, 5) is 25.5. The maximum Gasteiger partial charge on any atom is 0.252 e. The molecule has 0 aliphatic heterocycles. The Morgan fingerprint density at radius 3 is 2.69 bits per heavy atom. The first-order chi connectivity index (χ1) is 12.8. The number of amides is 1. The highest BCUT2D eigenvalue weighted by molar-refractivity contribution is 6.07. The smallest absolute Gasteiger partial charge is 0.252 e. The largest absolute Gasteiger partial charge is 0.350 e. The molecule has 3 heterocycles. The number of nitrogens with one attached hydrogen (secondary N) is 1. The van der Waals surface area contributed by atoms with Crippen LogP contribution in [0.2, 0.25) is 0 Å². The lowest BCUT2D eigenvalue weighted by Crippen LogP contribution is -2.27. The van der Waals surface area contributed by atoms with Crippen molar-refractivity contribution in [1.82, 2.24) is 24.8 Å². The molecule has 0 fully saturated rings. The average molecular weight is 343 g/mol. The molecule has 3 aromatic heterocycles. The van der Waals surface area contributed by atoms with Crippen molar-refractivity contribution in [1.29, 1.82) is 0 Å². The van der Waals surface area contributed by atoms with Crippen molar-refractivity contribution in [3.8, 4) is 11.3 Å². The van der Waals surface area contributed by atoms with Crippen molar-refractivity contribution >= 4 is 16.8 Å². The second-order valence-electron chi connectivity index (χ2n) is 5.86. The fraction of sp³-hybridized carbons (Fsp3) is 0.100. The van der Waals surface area contributed by atoms with E-state index in [1.807, 2.05) is 53.2 Å². The molecule has 0 aliphatic carbocycles. The average Bonchev–Trinajstić information content (AvgIpc) is 3.21. The van der Waals surface area contributed by atoms with Crippen LogP contribution in [0.3, 0.4) is 0 Å². The summed E-state index contributed by atoms with van der Waals surface area (Å²) in [6, 6.07) is 13.3. The van der Waals surface area contributed by atoms with Gasteiger partial charge < -0.3 is 9.88 Å². The molecule has 0 saturated carbocycles. The van der Waals surface area contributed by atoms with E-state index in [1.54, 1.807) is 24.9 Å². The van der Waals surface area contributed by atoms with Gasteiger partial charge in [0.1, 0.15) is 0 Å². The van der Waals surface area contributed by atoms with Gasteiger partial charge in [0.15, 0.2) is 0 Å². The zero-order valence-corrected chi connectivity index (χ0v) is 14.0. The predicted octanol–water partition coefficient (Wildman–Crippen LogP) is 2.92. The van der Waals surface area contributed by atoms with Crippen molar-refractivity contribution in [3.63, 3.8) is 0 Å². The number of fused-ring (bicyclic) bond motifs is 1. The maximum atomic E-state index is 12.8. The first-order valence-electron chi connectivity index (χ1n) is 8.35. The molecule has 0 saturated heterocycles. The minimum atomic E-state index is -0.112. The van der Waals surface area contributed by atoms with Gasteiger partial charge in [0.05, 0.1) is 23.1 Å². The summed E-state index contributed by atoms with van der Waals surface area (Å²) < 4.78 is 1.92. The third kappa shape index (κ3) is 3.30. The van der Waals surface area contributed by atoms with Gasteiger partial charge in [-0.25, -0.2) is 9.97 Å². The van der Waals surface area contributed by atoms with Gasteiger partial charge in [-0.05, 0) is 24.3 Å². The molecule has 4 aromatic rings. The van der Waals surface area contributed by atoms with E-state index in [9.17, 15) is 4.79 Å². The Morgan fingerprint density at radius 2 is 1.88 bits per heavy atom. The third-order valence-electron chi connectivity index (χ3n) is 4.15. The second kappa shape index (κ2) is 7.14. The fourth-order valence-corrected chi connectivity index (χ4v) is 2.85. The van der Waals surface area contributed by atoms with Crippen LogP contribution >= 0.6 is 0 Å². The van der Waals surface area contributed by atoms with Gasteiger partial charge in [-0.3, -0.25) is 9.78 Å². The number of hydrogen-bond acceptors (Lipinski definition) is 4. The lowest BCUT2D eigenvalue weighted by Gasteiger charge is -2.11. The molecule has 0 aliphatic rings. The number of para-hydroxylation sites is 1. The summed E-state index contributed by atoms with van der Waals surface area (Å²) in [6.07, 6.45) is 8.76. The van der Waals surface area contributed by atoms with Crippen molar-refractivity contribution in [2.24, 2.45) is 0 Å². The number of aromatic nitrogens is 4. The van der Waals surface area contributed by atoms with Crippen molar-refractivity contribution in [2.45, 2.75) is 6.54 Å². The zero-order chi connectivity index (χ0) is 17.8. The SMILES string of the molecule is O=C(NCCn1ccnc1)c1cc(-c2ccncc2)nc2ccccc12. The van der Waals surface area contributed by atoms with E-state index >= 15 is 0 Å². The Hall–Kier alpha value is -3.54. The van der Waals surface area contributed by atoms with E-state index < -0.39 is 0 Å². The summed E-state index contributed by atoms with van der Waals surface area (Å²) in [6.45, 7) is 1.20. The standard InChI is InChI=1S/C20H17N5O/c26-20(23-10-12-25-11-9-22-14-25)17-13-19(15-5-7-21-8-6-15)24-18-4-2-1-3-16(17)18/h1-9,11,13-14H,10,12H2,(H,23,26). The minimum Gasteiger partial charge on any atom is -0.350 e. The Labute approximate surface area is 150 Å². The quantitative estimate of drug-likeness (QED) is 0.605. The summed E-state index contributed by atoms with van der Waals surface area (Å²) >= 11 is 0. The number of rotatable bonds is 5. The number of benzene rings is 1. The molecule has 1 N–H and O–H groups in total. The molecule has 0 spiro atoms. The first kappa shape index (κ1) is 16.0. The van der Waals surface area contributed by atoms with Gasteiger partial charge in [0.25, 0.3) is 5.91 Å². The Bertz CT molecular complexity index is 1030. The second-order valence-corrected chi connectivity index (χ2v) is 5.86. The van der Waals surface area contributed by atoms with Crippen LogP contribution in [-0.2, 0) is 6.54 Å². The lowest BCUT2D eigenvalue weighted by atomic mass is 10.0. The van der Waals surface area contributed by atoms with E-state index in [4.69, 9.17) is 0 Å². The van der Waals surface area contributed by atoms with Gasteiger partial charge in [-0.2, -0.15) is 0 Å². The zero-order valence-electron chi connectivity index (χ0n) is 14.0. The van der Waals surface area contributed by atoms with E-state index in [-0.39, 0.29) is 5.91 Å². The van der Waals surface area contributed by atoms with Crippen molar-refractivity contribution < 1.29 is 4.79 Å². The molecule has 6 nitrogen and oxygen atoms in total. The molecule has 128 valence electrons. The summed E-state index contributed by atoms with van der Waals surface area (Å²) in [7, 11) is 0. The number of pyridine rings is 2. The van der Waals surface area contributed by atoms with Crippen molar-refractivity contribution in [3.05, 3.63) is 79.1 Å². The Morgan fingerprint density at radius 1 is 1.04 bits per heavy atom.